The molecule has 31 heavy (non-hydrogen) atoms. The highest BCUT2D eigenvalue weighted by Gasteiger charge is 2.40. The van der Waals surface area contributed by atoms with Crippen molar-refractivity contribution < 1.29 is 14.6 Å². The lowest BCUT2D eigenvalue weighted by molar-refractivity contribution is -0.0296. The average Bonchev–Trinajstić information content (AvgIpc) is 2.83. The van der Waals surface area contributed by atoms with E-state index in [-0.39, 0.29) is 5.92 Å². The van der Waals surface area contributed by atoms with E-state index in [0.29, 0.717) is 0 Å². The fraction of sp³-hybridized carbons (Fsp3) is 0.556. The molecule has 1 fully saturated rings. The maximum Gasteiger partial charge on any atom is 0.118 e. The summed E-state index contributed by atoms with van der Waals surface area (Å²) in [6.07, 6.45) is 6.66. The van der Waals surface area contributed by atoms with Crippen LogP contribution in [0.2, 0.25) is 0 Å². The molecule has 3 rings (SSSR count). The fourth-order valence-corrected chi connectivity index (χ4v) is 4.66. The number of aliphatic hydroxyl groups is 1. The second kappa shape index (κ2) is 12.2. The fourth-order valence-electron chi connectivity index (χ4n) is 4.66. The Labute approximate surface area is 188 Å². The van der Waals surface area contributed by atoms with E-state index in [0.717, 1.165) is 63.4 Å². The van der Waals surface area contributed by atoms with Gasteiger partial charge in [-0.2, -0.15) is 0 Å². The van der Waals surface area contributed by atoms with Crippen molar-refractivity contribution >= 4 is 0 Å². The molecule has 2 atom stereocenters. The van der Waals surface area contributed by atoms with Gasteiger partial charge >= 0.3 is 0 Å². The maximum absolute atomic E-state index is 12.3. The predicted octanol–water partition coefficient (Wildman–Crippen LogP) is 5.36. The van der Waals surface area contributed by atoms with Crippen molar-refractivity contribution in [1.82, 2.24) is 4.90 Å². The van der Waals surface area contributed by atoms with Crippen LogP contribution in [-0.2, 0) is 10.3 Å². The van der Waals surface area contributed by atoms with Gasteiger partial charge in [0.25, 0.3) is 0 Å². The number of hydrogen-bond acceptors (Lipinski definition) is 4. The highest BCUT2D eigenvalue weighted by atomic mass is 16.5. The third kappa shape index (κ3) is 6.55. The molecule has 0 bridgehead atoms. The third-order valence-corrected chi connectivity index (χ3v) is 6.57. The Kier molecular flexibility index (Phi) is 9.38. The smallest absolute Gasteiger partial charge is 0.118 e. The predicted molar refractivity (Wildman–Crippen MR) is 127 cm³/mol. The van der Waals surface area contributed by atoms with Crippen molar-refractivity contribution in [2.24, 2.45) is 0 Å². The van der Waals surface area contributed by atoms with Gasteiger partial charge in [-0.1, -0.05) is 81.5 Å². The molecule has 170 valence electrons. The van der Waals surface area contributed by atoms with Crippen LogP contribution in [0.15, 0.2) is 54.6 Å². The molecule has 0 saturated carbocycles. The van der Waals surface area contributed by atoms with Crippen molar-refractivity contribution in [3.05, 3.63) is 65.7 Å². The Bertz CT molecular complexity index is 743. The lowest BCUT2D eigenvalue weighted by atomic mass is 9.73. The molecular formula is C27H39NO3. The van der Waals surface area contributed by atoms with Crippen LogP contribution in [0.5, 0.6) is 5.75 Å². The molecule has 0 spiro atoms. The molecule has 0 amide bonds. The Morgan fingerprint density at radius 2 is 1.65 bits per heavy atom. The average molecular weight is 426 g/mol. The molecule has 1 heterocycles. The number of benzene rings is 2. The van der Waals surface area contributed by atoms with Crippen molar-refractivity contribution in [2.45, 2.75) is 57.0 Å². The first-order valence-corrected chi connectivity index (χ1v) is 11.9. The molecule has 2 aromatic carbocycles. The molecule has 0 radical (unpaired) electrons. The van der Waals surface area contributed by atoms with Crippen LogP contribution in [0.4, 0.5) is 0 Å². The molecular weight excluding hydrogens is 386 g/mol. The van der Waals surface area contributed by atoms with E-state index in [9.17, 15) is 5.11 Å². The number of hydrogen-bond donors (Lipinski definition) is 1. The summed E-state index contributed by atoms with van der Waals surface area (Å²) in [7, 11) is 1.68. The molecule has 1 N–H and O–H groups in total. The van der Waals surface area contributed by atoms with Gasteiger partial charge in [0.1, 0.15) is 5.75 Å². The summed E-state index contributed by atoms with van der Waals surface area (Å²) >= 11 is 0. The maximum atomic E-state index is 12.3. The van der Waals surface area contributed by atoms with Gasteiger partial charge in [-0.15, -0.1) is 0 Å². The highest BCUT2D eigenvalue weighted by Crippen LogP contribution is 2.42. The Morgan fingerprint density at radius 1 is 0.968 bits per heavy atom. The SMILES string of the molecule is CCCCCCC[C@](O)(c1ccc(OC)cc1)[C@@H](CN1CCOCC1)c1ccccc1. The summed E-state index contributed by atoms with van der Waals surface area (Å²) in [4.78, 5) is 2.44. The number of unbranched alkanes of at least 4 members (excludes halogenated alkanes) is 4. The number of methoxy groups -OCH3 is 1. The molecule has 1 saturated heterocycles. The Balaban J connectivity index is 1.91. The zero-order chi connectivity index (χ0) is 21.9. The van der Waals surface area contributed by atoms with Gasteiger partial charge in [0.15, 0.2) is 0 Å². The van der Waals surface area contributed by atoms with Crippen molar-refractivity contribution in [1.29, 1.82) is 0 Å². The van der Waals surface area contributed by atoms with Gasteiger partial charge < -0.3 is 14.6 Å². The van der Waals surface area contributed by atoms with Gasteiger partial charge in [0.2, 0.25) is 0 Å². The Hall–Kier alpha value is -1.88. The minimum Gasteiger partial charge on any atom is -0.497 e. The van der Waals surface area contributed by atoms with Crippen LogP contribution in [-0.4, -0.2) is 50.0 Å². The molecule has 4 nitrogen and oxygen atoms in total. The molecule has 1 aliphatic rings. The largest absolute Gasteiger partial charge is 0.497 e. The monoisotopic (exact) mass is 425 g/mol. The number of morpholine rings is 1. The molecule has 0 aromatic heterocycles. The van der Waals surface area contributed by atoms with E-state index in [2.05, 4.69) is 36.1 Å². The van der Waals surface area contributed by atoms with Crippen LogP contribution >= 0.6 is 0 Å². The van der Waals surface area contributed by atoms with Crippen LogP contribution in [0.25, 0.3) is 0 Å². The zero-order valence-corrected chi connectivity index (χ0v) is 19.3. The summed E-state index contributed by atoms with van der Waals surface area (Å²) in [5.74, 6) is 0.810. The first-order chi connectivity index (χ1) is 15.2. The van der Waals surface area contributed by atoms with Gasteiger partial charge in [-0.3, -0.25) is 4.90 Å². The molecule has 0 unspecified atom stereocenters. The van der Waals surface area contributed by atoms with Gasteiger partial charge in [0.05, 0.1) is 25.9 Å². The third-order valence-electron chi connectivity index (χ3n) is 6.57. The van der Waals surface area contributed by atoms with E-state index in [4.69, 9.17) is 9.47 Å². The molecule has 1 aliphatic heterocycles. The van der Waals surface area contributed by atoms with Crippen LogP contribution in [0.1, 0.15) is 62.5 Å². The van der Waals surface area contributed by atoms with Crippen molar-refractivity contribution in [3.63, 3.8) is 0 Å². The summed E-state index contributed by atoms with van der Waals surface area (Å²) < 4.78 is 10.9. The lowest BCUT2D eigenvalue weighted by Crippen LogP contribution is -2.45. The first kappa shape index (κ1) is 23.8. The van der Waals surface area contributed by atoms with Crippen molar-refractivity contribution in [2.75, 3.05) is 40.0 Å². The highest BCUT2D eigenvalue weighted by molar-refractivity contribution is 5.35. The summed E-state index contributed by atoms with van der Waals surface area (Å²) in [5, 5.41) is 12.3. The van der Waals surface area contributed by atoms with E-state index in [1.54, 1.807) is 7.11 Å². The topological polar surface area (TPSA) is 41.9 Å². The minimum atomic E-state index is -0.932. The lowest BCUT2D eigenvalue weighted by Gasteiger charge is -2.41. The van der Waals surface area contributed by atoms with E-state index in [1.807, 2.05) is 30.3 Å². The van der Waals surface area contributed by atoms with Crippen LogP contribution in [0, 0.1) is 0 Å². The molecule has 2 aromatic rings. The van der Waals surface area contributed by atoms with Crippen LogP contribution in [0.3, 0.4) is 0 Å². The van der Waals surface area contributed by atoms with E-state index >= 15 is 0 Å². The van der Waals surface area contributed by atoms with E-state index < -0.39 is 5.60 Å². The number of nitrogens with zero attached hydrogens (tertiary/aromatic N) is 1. The summed E-state index contributed by atoms with van der Waals surface area (Å²) in [5.41, 5.74) is 1.24. The summed E-state index contributed by atoms with van der Waals surface area (Å²) in [6.45, 7) is 6.42. The van der Waals surface area contributed by atoms with Crippen LogP contribution < -0.4 is 4.74 Å². The first-order valence-electron chi connectivity index (χ1n) is 11.9. The number of rotatable bonds is 12. The zero-order valence-electron chi connectivity index (χ0n) is 19.3. The van der Waals surface area contributed by atoms with E-state index in [1.165, 1.54) is 24.8 Å². The molecule has 0 aliphatic carbocycles. The van der Waals surface area contributed by atoms with Crippen molar-refractivity contribution in [3.8, 4) is 5.75 Å². The quantitative estimate of drug-likeness (QED) is 0.465. The second-order valence-corrected chi connectivity index (χ2v) is 8.69. The number of ether oxygens (including phenoxy) is 2. The van der Waals surface area contributed by atoms with Gasteiger partial charge in [0, 0.05) is 25.6 Å². The minimum absolute atomic E-state index is 0.00799. The van der Waals surface area contributed by atoms with Gasteiger partial charge in [-0.05, 0) is 29.7 Å². The van der Waals surface area contributed by atoms with Gasteiger partial charge in [-0.25, -0.2) is 0 Å². The summed E-state index contributed by atoms with van der Waals surface area (Å²) in [6, 6.07) is 18.6. The standard InChI is InChI=1S/C27H39NO3/c1-3-4-5-6-10-17-27(29,24-13-15-25(30-2)16-14-24)26(23-11-8-7-9-12-23)22-28-18-20-31-21-19-28/h7-9,11-16,26,29H,3-6,10,17-22H2,1-2H3/t26-,27-/m0/s1. The molecule has 4 heteroatoms. The normalized spacial score (nSPS) is 17.8. The Morgan fingerprint density at radius 3 is 2.29 bits per heavy atom. The second-order valence-electron chi connectivity index (χ2n) is 8.69.